The average molecular weight is 472 g/mol. The van der Waals surface area contributed by atoms with Crippen LogP contribution in [0.4, 0.5) is 5.69 Å². The number of nitrogens with zero attached hydrogens (tertiary/aromatic N) is 2. The highest BCUT2D eigenvalue weighted by Crippen LogP contribution is 2.34. The number of benzene rings is 1. The minimum absolute atomic E-state index is 0.0235. The Morgan fingerprint density at radius 3 is 2.59 bits per heavy atom. The normalized spacial score (nSPS) is 15.2. The van der Waals surface area contributed by atoms with Crippen LogP contribution in [0, 0.1) is 0 Å². The molecule has 0 aliphatic heterocycles. The summed E-state index contributed by atoms with van der Waals surface area (Å²) in [6.07, 6.45) is 6.27. The van der Waals surface area contributed by atoms with E-state index < -0.39 is 5.54 Å². The van der Waals surface area contributed by atoms with Crippen molar-refractivity contribution in [2.45, 2.75) is 70.4 Å². The molecule has 1 heterocycles. The van der Waals surface area contributed by atoms with E-state index >= 15 is 0 Å². The molecule has 0 spiro atoms. The fourth-order valence-corrected chi connectivity index (χ4v) is 4.22. The lowest BCUT2D eigenvalue weighted by atomic mass is 9.89. The van der Waals surface area contributed by atoms with Gasteiger partial charge in [-0.05, 0) is 30.5 Å². The number of carbonyl (C=O) groups is 3. The molecule has 1 aromatic carbocycles. The second-order valence-corrected chi connectivity index (χ2v) is 8.65. The lowest BCUT2D eigenvalue weighted by molar-refractivity contribution is -0.122. The first-order chi connectivity index (χ1) is 16.4. The fraction of sp³-hybridized carbons (Fsp3) is 0.542. The molecular formula is C24H33N5O5. The van der Waals surface area contributed by atoms with E-state index in [1.165, 1.54) is 14.0 Å². The van der Waals surface area contributed by atoms with Crippen molar-refractivity contribution in [2.24, 2.45) is 0 Å². The molecule has 1 aliphatic rings. The summed E-state index contributed by atoms with van der Waals surface area (Å²) in [6.45, 7) is 1.80. The number of aryl methyl sites for hydroxylation is 1. The quantitative estimate of drug-likeness (QED) is 0.453. The first-order valence-electron chi connectivity index (χ1n) is 11.7. The van der Waals surface area contributed by atoms with Gasteiger partial charge in [0.1, 0.15) is 12.1 Å². The zero-order chi connectivity index (χ0) is 24.4. The number of anilines is 1. The molecule has 1 saturated carbocycles. The van der Waals surface area contributed by atoms with E-state index in [4.69, 9.17) is 9.26 Å². The zero-order valence-corrected chi connectivity index (χ0v) is 19.8. The summed E-state index contributed by atoms with van der Waals surface area (Å²) in [4.78, 5) is 40.4. The number of amides is 3. The second kappa shape index (κ2) is 12.3. The Morgan fingerprint density at radius 1 is 1.12 bits per heavy atom. The molecule has 3 amide bonds. The third-order valence-electron chi connectivity index (χ3n) is 5.81. The average Bonchev–Trinajstić information content (AvgIpc) is 3.16. The molecule has 0 bridgehead atoms. The topological polar surface area (TPSA) is 135 Å². The van der Waals surface area contributed by atoms with Gasteiger partial charge in [0.2, 0.25) is 23.6 Å². The van der Waals surface area contributed by atoms with Crippen LogP contribution in [0.2, 0.25) is 0 Å². The second-order valence-electron chi connectivity index (χ2n) is 8.65. The van der Waals surface area contributed by atoms with Gasteiger partial charge in [0.15, 0.2) is 5.82 Å². The molecule has 0 unspecified atom stereocenters. The third kappa shape index (κ3) is 7.38. The summed E-state index contributed by atoms with van der Waals surface area (Å²) in [7, 11) is 1.46. The maximum absolute atomic E-state index is 12.4. The van der Waals surface area contributed by atoms with Crippen molar-refractivity contribution >= 4 is 23.4 Å². The van der Waals surface area contributed by atoms with Crippen molar-refractivity contribution in [2.75, 3.05) is 19.0 Å². The van der Waals surface area contributed by atoms with E-state index in [1.54, 1.807) is 12.1 Å². The predicted molar refractivity (Wildman–Crippen MR) is 125 cm³/mol. The smallest absolute Gasteiger partial charge is 0.250 e. The fourth-order valence-electron chi connectivity index (χ4n) is 4.22. The van der Waals surface area contributed by atoms with Crippen LogP contribution in [0.3, 0.4) is 0 Å². The summed E-state index contributed by atoms with van der Waals surface area (Å²) >= 11 is 0. The van der Waals surface area contributed by atoms with Gasteiger partial charge in [0, 0.05) is 39.1 Å². The van der Waals surface area contributed by atoms with Gasteiger partial charge >= 0.3 is 0 Å². The summed E-state index contributed by atoms with van der Waals surface area (Å²) < 4.78 is 10.2. The molecule has 10 nitrogen and oxygen atoms in total. The van der Waals surface area contributed by atoms with Gasteiger partial charge in [0.05, 0.1) is 0 Å². The molecule has 184 valence electrons. The number of hydrogen-bond donors (Lipinski definition) is 3. The summed E-state index contributed by atoms with van der Waals surface area (Å²) in [6, 6.07) is 7.24. The first-order valence-corrected chi connectivity index (χ1v) is 11.7. The van der Waals surface area contributed by atoms with Crippen molar-refractivity contribution in [3.05, 3.63) is 41.5 Å². The van der Waals surface area contributed by atoms with E-state index in [0.29, 0.717) is 30.4 Å². The maximum atomic E-state index is 12.4. The van der Waals surface area contributed by atoms with E-state index in [0.717, 1.165) is 44.1 Å². The van der Waals surface area contributed by atoms with Gasteiger partial charge in [-0.2, -0.15) is 4.98 Å². The zero-order valence-electron chi connectivity index (χ0n) is 19.8. The monoisotopic (exact) mass is 471 g/mol. The molecule has 1 aliphatic carbocycles. The van der Waals surface area contributed by atoms with Crippen LogP contribution in [-0.4, -0.2) is 41.6 Å². The van der Waals surface area contributed by atoms with E-state index in [2.05, 4.69) is 26.1 Å². The van der Waals surface area contributed by atoms with Crippen molar-refractivity contribution in [3.8, 4) is 0 Å². The van der Waals surface area contributed by atoms with Gasteiger partial charge in [-0.25, -0.2) is 0 Å². The van der Waals surface area contributed by atoms with Crippen LogP contribution in [0.25, 0.3) is 0 Å². The van der Waals surface area contributed by atoms with Gasteiger partial charge in [-0.1, -0.05) is 43.0 Å². The molecular weight excluding hydrogens is 438 g/mol. The van der Waals surface area contributed by atoms with Gasteiger partial charge < -0.3 is 25.2 Å². The highest BCUT2D eigenvalue weighted by molar-refractivity contribution is 5.91. The Labute approximate surface area is 199 Å². The lowest BCUT2D eigenvalue weighted by Gasteiger charge is -2.30. The van der Waals surface area contributed by atoms with Crippen molar-refractivity contribution in [3.63, 3.8) is 0 Å². The first kappa shape index (κ1) is 25.4. The Kier molecular flexibility index (Phi) is 9.15. The van der Waals surface area contributed by atoms with Crippen LogP contribution >= 0.6 is 0 Å². The Balaban J connectivity index is 1.52. The van der Waals surface area contributed by atoms with Crippen molar-refractivity contribution in [1.82, 2.24) is 20.8 Å². The highest BCUT2D eigenvalue weighted by atomic mass is 16.5. The molecule has 0 saturated heterocycles. The molecule has 0 atom stereocenters. The van der Waals surface area contributed by atoms with Crippen LogP contribution < -0.4 is 16.0 Å². The molecule has 2 aromatic rings. The molecule has 3 rings (SSSR count). The Morgan fingerprint density at radius 2 is 1.88 bits per heavy atom. The Hall–Kier alpha value is -3.27. The number of hydrogen-bond acceptors (Lipinski definition) is 7. The number of aromatic nitrogens is 2. The summed E-state index contributed by atoms with van der Waals surface area (Å²) in [5.74, 6) is 0.357. The molecule has 3 N–H and O–H groups in total. The number of rotatable bonds is 10. The number of ether oxygens (including phenoxy) is 1. The number of methoxy groups -OCH3 is 1. The molecule has 34 heavy (non-hydrogen) atoms. The van der Waals surface area contributed by atoms with Crippen molar-refractivity contribution in [1.29, 1.82) is 0 Å². The van der Waals surface area contributed by atoms with Gasteiger partial charge in [-0.3, -0.25) is 14.4 Å². The van der Waals surface area contributed by atoms with E-state index in [9.17, 15) is 14.4 Å². The minimum Gasteiger partial charge on any atom is -0.375 e. The van der Waals surface area contributed by atoms with Gasteiger partial charge in [-0.15, -0.1) is 0 Å². The molecule has 0 radical (unpaired) electrons. The summed E-state index contributed by atoms with van der Waals surface area (Å²) in [5.41, 5.74) is 0.892. The highest BCUT2D eigenvalue weighted by Gasteiger charge is 2.38. The standard InChI is InChI=1S/C24H33N5O5/c1-17(30)28-24(12-5-3-4-6-13-24)23-27-22(34-29-23)11-10-20(31)25-15-18-8-7-9-19(14-18)26-21(32)16-33-2/h7-9,14H,3-6,10-13,15-16H2,1-2H3,(H,25,31)(H,26,32)(H,28,30). The number of nitrogens with one attached hydrogen (secondary N) is 3. The van der Waals surface area contributed by atoms with Crippen LogP contribution in [0.15, 0.2) is 28.8 Å². The molecule has 10 heteroatoms. The van der Waals surface area contributed by atoms with Crippen LogP contribution in [0.5, 0.6) is 0 Å². The van der Waals surface area contributed by atoms with Gasteiger partial charge in [0.25, 0.3) is 0 Å². The van der Waals surface area contributed by atoms with Crippen molar-refractivity contribution < 1.29 is 23.6 Å². The van der Waals surface area contributed by atoms with Crippen LogP contribution in [0.1, 0.15) is 69.1 Å². The number of carbonyl (C=O) groups excluding carboxylic acids is 3. The van der Waals surface area contributed by atoms with E-state index in [-0.39, 0.29) is 30.7 Å². The summed E-state index contributed by atoms with van der Waals surface area (Å²) in [5, 5.41) is 12.8. The maximum Gasteiger partial charge on any atom is 0.250 e. The largest absolute Gasteiger partial charge is 0.375 e. The van der Waals surface area contributed by atoms with Crippen LogP contribution in [-0.2, 0) is 37.6 Å². The third-order valence-corrected chi connectivity index (χ3v) is 5.81. The SMILES string of the molecule is COCC(=O)Nc1cccc(CNC(=O)CCc2nc(C3(NC(C)=O)CCCCCC3)no2)c1. The lowest BCUT2D eigenvalue weighted by Crippen LogP contribution is -2.45. The molecule has 1 fully saturated rings. The minimum atomic E-state index is -0.601. The molecule has 1 aromatic heterocycles. The predicted octanol–water partition coefficient (Wildman–Crippen LogP) is 2.59. The van der Waals surface area contributed by atoms with E-state index in [1.807, 2.05) is 12.1 Å². The Bertz CT molecular complexity index is 982.